The Hall–Kier alpha value is -0.740. The molecule has 0 radical (unpaired) electrons. The van der Waals surface area contributed by atoms with Crippen LogP contribution in [0.1, 0.15) is 9.67 Å². The second kappa shape index (κ2) is 3.78. The van der Waals surface area contributed by atoms with E-state index in [9.17, 15) is 14.0 Å². The van der Waals surface area contributed by atoms with Crippen molar-refractivity contribution in [1.82, 2.24) is 0 Å². The van der Waals surface area contributed by atoms with Gasteiger partial charge in [-0.25, -0.2) is 4.39 Å². The molecular weight excluding hydrogens is 203 g/mol. The minimum atomic E-state index is -2.07. The van der Waals surface area contributed by atoms with Crippen molar-refractivity contribution in [2.45, 2.75) is 6.17 Å². The molecule has 0 N–H and O–H groups in total. The second-order valence-electron chi connectivity index (χ2n) is 2.01. The lowest BCUT2D eigenvalue weighted by molar-refractivity contribution is -0.110. The summed E-state index contributed by atoms with van der Waals surface area (Å²) in [6, 6.07) is 2.88. The number of alkyl halides is 1. The summed E-state index contributed by atoms with van der Waals surface area (Å²) in [5.74, 6) is -0.832. The summed E-state index contributed by atoms with van der Waals surface area (Å²) in [6.07, 6.45) is -2.10. The number of thiophene rings is 1. The van der Waals surface area contributed by atoms with Crippen LogP contribution in [0.2, 0.25) is 4.34 Å². The highest BCUT2D eigenvalue weighted by Crippen LogP contribution is 2.22. The molecule has 0 saturated heterocycles. The smallest absolute Gasteiger partial charge is 0.218 e. The van der Waals surface area contributed by atoms with Crippen molar-refractivity contribution in [2.75, 3.05) is 0 Å². The summed E-state index contributed by atoms with van der Waals surface area (Å²) >= 11 is 6.46. The van der Waals surface area contributed by atoms with E-state index in [1.807, 2.05) is 0 Å². The van der Waals surface area contributed by atoms with E-state index >= 15 is 0 Å². The standard InChI is InChI=1S/C7H4ClFO2S/c8-6-2-1-5(12-6)7(11)4(9)3-10/h1-4H. The Morgan fingerprint density at radius 3 is 2.75 bits per heavy atom. The molecule has 1 aromatic rings. The molecule has 1 heterocycles. The van der Waals surface area contributed by atoms with E-state index in [2.05, 4.69) is 0 Å². The van der Waals surface area contributed by atoms with Crippen LogP contribution in [0, 0.1) is 0 Å². The van der Waals surface area contributed by atoms with E-state index in [1.165, 1.54) is 12.1 Å². The maximum atomic E-state index is 12.5. The van der Waals surface area contributed by atoms with E-state index in [1.54, 1.807) is 0 Å². The lowest BCUT2D eigenvalue weighted by atomic mass is 10.2. The predicted octanol–water partition coefficient (Wildman–Crippen LogP) is 2.12. The monoisotopic (exact) mass is 206 g/mol. The molecule has 1 unspecified atom stereocenters. The van der Waals surface area contributed by atoms with Gasteiger partial charge in [-0.05, 0) is 12.1 Å². The molecule has 0 aromatic carbocycles. The Balaban J connectivity index is 2.84. The molecule has 0 fully saturated rings. The van der Waals surface area contributed by atoms with Crippen molar-refractivity contribution < 1.29 is 14.0 Å². The molecule has 0 spiro atoms. The first-order chi connectivity index (χ1) is 5.65. The first-order valence-electron chi connectivity index (χ1n) is 3.04. The number of carbonyl (C=O) groups is 2. The molecule has 5 heteroatoms. The average Bonchev–Trinajstić information content (AvgIpc) is 2.49. The molecule has 2 nitrogen and oxygen atoms in total. The fourth-order valence-corrected chi connectivity index (χ4v) is 1.65. The Bertz CT molecular complexity index is 310. The molecule has 0 saturated carbocycles. The third-order valence-corrected chi connectivity index (χ3v) is 2.43. The third-order valence-electron chi connectivity index (χ3n) is 1.19. The van der Waals surface area contributed by atoms with Gasteiger partial charge in [-0.15, -0.1) is 11.3 Å². The van der Waals surface area contributed by atoms with Gasteiger partial charge < -0.3 is 0 Å². The van der Waals surface area contributed by atoms with Gasteiger partial charge in [0.15, 0.2) is 6.29 Å². The summed E-state index contributed by atoms with van der Waals surface area (Å²) in [6.45, 7) is 0. The normalized spacial score (nSPS) is 12.5. The molecule has 0 aliphatic heterocycles. The van der Waals surface area contributed by atoms with Gasteiger partial charge in [-0.3, -0.25) is 9.59 Å². The van der Waals surface area contributed by atoms with Gasteiger partial charge >= 0.3 is 0 Å². The molecule has 12 heavy (non-hydrogen) atoms. The largest absolute Gasteiger partial charge is 0.300 e. The molecular formula is C7H4ClFO2S. The number of Topliss-reactive ketones (excluding diaryl/α,β-unsaturated/α-hetero) is 1. The zero-order valence-electron chi connectivity index (χ0n) is 5.79. The van der Waals surface area contributed by atoms with Crippen molar-refractivity contribution in [3.8, 4) is 0 Å². The Morgan fingerprint density at radius 1 is 1.67 bits per heavy atom. The van der Waals surface area contributed by atoms with E-state index < -0.39 is 12.0 Å². The van der Waals surface area contributed by atoms with Crippen LogP contribution < -0.4 is 0 Å². The van der Waals surface area contributed by atoms with Crippen LogP contribution in [-0.2, 0) is 4.79 Å². The number of aldehydes is 1. The lowest BCUT2D eigenvalue weighted by Gasteiger charge is -1.94. The van der Waals surface area contributed by atoms with Gasteiger partial charge in [-0.1, -0.05) is 11.6 Å². The fourth-order valence-electron chi connectivity index (χ4n) is 0.644. The number of halogens is 2. The van der Waals surface area contributed by atoms with Crippen LogP contribution in [0.25, 0.3) is 0 Å². The van der Waals surface area contributed by atoms with E-state index in [0.717, 1.165) is 11.3 Å². The van der Waals surface area contributed by atoms with Crippen molar-refractivity contribution in [2.24, 2.45) is 0 Å². The molecule has 0 amide bonds. The summed E-state index contributed by atoms with van der Waals surface area (Å²) < 4.78 is 12.9. The second-order valence-corrected chi connectivity index (χ2v) is 3.72. The van der Waals surface area contributed by atoms with Crippen LogP contribution in [0.5, 0.6) is 0 Å². The van der Waals surface area contributed by atoms with Crippen molar-refractivity contribution >= 4 is 35.0 Å². The quantitative estimate of drug-likeness (QED) is 0.431. The number of rotatable bonds is 3. The molecule has 0 aliphatic rings. The van der Waals surface area contributed by atoms with E-state index in [-0.39, 0.29) is 11.2 Å². The first kappa shape index (κ1) is 9.35. The highest BCUT2D eigenvalue weighted by atomic mass is 35.5. The van der Waals surface area contributed by atoms with Crippen molar-refractivity contribution in [1.29, 1.82) is 0 Å². The number of ketones is 1. The third kappa shape index (κ3) is 1.89. The zero-order valence-corrected chi connectivity index (χ0v) is 7.36. The molecule has 1 rings (SSSR count). The maximum absolute atomic E-state index is 12.5. The van der Waals surface area contributed by atoms with Crippen molar-refractivity contribution in [3.63, 3.8) is 0 Å². The van der Waals surface area contributed by atoms with Gasteiger partial charge in [0, 0.05) is 0 Å². The maximum Gasteiger partial charge on any atom is 0.218 e. The number of hydrogen-bond donors (Lipinski definition) is 0. The first-order valence-corrected chi connectivity index (χ1v) is 4.23. The molecule has 0 bridgehead atoms. The number of carbonyl (C=O) groups excluding carboxylic acids is 2. The molecule has 0 aliphatic carbocycles. The van der Waals surface area contributed by atoms with Gasteiger partial charge in [0.25, 0.3) is 0 Å². The van der Waals surface area contributed by atoms with Gasteiger partial charge in [0.05, 0.1) is 9.21 Å². The van der Waals surface area contributed by atoms with Crippen LogP contribution in [-0.4, -0.2) is 18.2 Å². The van der Waals surface area contributed by atoms with Gasteiger partial charge in [0.2, 0.25) is 12.0 Å². The van der Waals surface area contributed by atoms with Crippen LogP contribution >= 0.6 is 22.9 Å². The minimum Gasteiger partial charge on any atom is -0.300 e. The zero-order chi connectivity index (χ0) is 9.14. The highest BCUT2D eigenvalue weighted by Gasteiger charge is 2.19. The van der Waals surface area contributed by atoms with Gasteiger partial charge in [-0.2, -0.15) is 0 Å². The van der Waals surface area contributed by atoms with E-state index in [4.69, 9.17) is 11.6 Å². The SMILES string of the molecule is O=CC(F)C(=O)c1ccc(Cl)s1. The Kier molecular flexibility index (Phi) is 2.94. The number of hydrogen-bond acceptors (Lipinski definition) is 3. The fraction of sp³-hybridized carbons (Fsp3) is 0.143. The van der Waals surface area contributed by atoms with Crippen LogP contribution in [0.4, 0.5) is 4.39 Å². The average molecular weight is 207 g/mol. The van der Waals surface area contributed by atoms with Gasteiger partial charge in [0.1, 0.15) is 0 Å². The Labute approximate surface area is 77.0 Å². The summed E-state index contributed by atoms with van der Waals surface area (Å²) in [7, 11) is 0. The predicted molar refractivity (Wildman–Crippen MR) is 44.6 cm³/mol. The molecule has 1 aromatic heterocycles. The summed E-state index contributed by atoms with van der Waals surface area (Å²) in [4.78, 5) is 21.0. The topological polar surface area (TPSA) is 34.1 Å². The Morgan fingerprint density at radius 2 is 2.33 bits per heavy atom. The summed E-state index contributed by atoms with van der Waals surface area (Å²) in [5, 5.41) is 0. The van der Waals surface area contributed by atoms with E-state index in [0.29, 0.717) is 4.34 Å². The lowest BCUT2D eigenvalue weighted by Crippen LogP contribution is -2.15. The highest BCUT2D eigenvalue weighted by molar-refractivity contribution is 7.18. The van der Waals surface area contributed by atoms with Crippen LogP contribution in [0.3, 0.4) is 0 Å². The van der Waals surface area contributed by atoms with Crippen molar-refractivity contribution in [3.05, 3.63) is 21.3 Å². The molecule has 1 atom stereocenters. The molecule has 64 valence electrons. The van der Waals surface area contributed by atoms with Crippen LogP contribution in [0.15, 0.2) is 12.1 Å². The summed E-state index contributed by atoms with van der Waals surface area (Å²) in [5.41, 5.74) is 0. The minimum absolute atomic E-state index is 0.0318.